The number of anilines is 1. The third-order valence-electron chi connectivity index (χ3n) is 4.92. The normalized spacial score (nSPS) is 16.9. The second-order valence-electron chi connectivity index (χ2n) is 7.00. The van der Waals surface area contributed by atoms with Crippen LogP contribution < -0.4 is 5.32 Å². The van der Waals surface area contributed by atoms with E-state index in [1.807, 2.05) is 32.9 Å². The lowest BCUT2D eigenvalue weighted by Crippen LogP contribution is -2.50. The highest BCUT2D eigenvalue weighted by molar-refractivity contribution is 7.18. The van der Waals surface area contributed by atoms with Crippen LogP contribution in [0.5, 0.6) is 0 Å². The molecule has 1 unspecified atom stereocenters. The number of carbonyl (C=O) groups is 2. The summed E-state index contributed by atoms with van der Waals surface area (Å²) < 4.78 is 8.38. The largest absolute Gasteiger partial charge is 0.365 e. The molecule has 2 aromatic heterocycles. The van der Waals surface area contributed by atoms with Crippen molar-refractivity contribution < 1.29 is 14.3 Å². The van der Waals surface area contributed by atoms with Crippen molar-refractivity contribution in [1.82, 2.24) is 19.7 Å². The van der Waals surface area contributed by atoms with Crippen molar-refractivity contribution in [2.24, 2.45) is 0 Å². The standard InChI is InChI=1S/C20H23N5O3S/c1-4-25-10-16(12(2)23-25)22-19(26)17-11-24(7-8-28-17)20(27)14-5-6-15-18(9-14)29-13(3)21-15/h5-6,9-10,17H,4,7-8,11H2,1-3H3,(H,22,26). The van der Waals surface area contributed by atoms with Gasteiger partial charge in [0.25, 0.3) is 11.8 Å². The van der Waals surface area contributed by atoms with E-state index in [4.69, 9.17) is 4.74 Å². The quantitative estimate of drug-likeness (QED) is 0.710. The van der Waals surface area contributed by atoms with Crippen LogP contribution in [0.1, 0.15) is 28.0 Å². The van der Waals surface area contributed by atoms with Crippen molar-refractivity contribution in [3.05, 3.63) is 40.7 Å². The molecule has 1 saturated heterocycles. The van der Waals surface area contributed by atoms with Gasteiger partial charge in [0.1, 0.15) is 0 Å². The van der Waals surface area contributed by atoms with Gasteiger partial charge in [-0.2, -0.15) is 5.10 Å². The fourth-order valence-corrected chi connectivity index (χ4v) is 4.23. The molecule has 3 heterocycles. The average Bonchev–Trinajstić information content (AvgIpc) is 3.27. The van der Waals surface area contributed by atoms with Gasteiger partial charge in [-0.15, -0.1) is 11.3 Å². The fourth-order valence-electron chi connectivity index (χ4n) is 3.36. The molecular formula is C20H23N5O3S. The number of aryl methyl sites for hydroxylation is 3. The predicted molar refractivity (Wildman–Crippen MR) is 111 cm³/mol. The minimum atomic E-state index is -0.716. The first-order valence-corrected chi connectivity index (χ1v) is 10.4. The average molecular weight is 414 g/mol. The maximum Gasteiger partial charge on any atom is 0.255 e. The summed E-state index contributed by atoms with van der Waals surface area (Å²) in [5.74, 6) is -0.371. The number of amides is 2. The second kappa shape index (κ2) is 7.92. The van der Waals surface area contributed by atoms with Crippen LogP contribution in [0.2, 0.25) is 0 Å². The lowest BCUT2D eigenvalue weighted by atomic mass is 10.1. The van der Waals surface area contributed by atoms with Crippen molar-refractivity contribution in [1.29, 1.82) is 0 Å². The summed E-state index contributed by atoms with van der Waals surface area (Å²) in [7, 11) is 0. The predicted octanol–water partition coefficient (Wildman–Crippen LogP) is 2.61. The lowest BCUT2D eigenvalue weighted by molar-refractivity contribution is -0.131. The van der Waals surface area contributed by atoms with E-state index in [1.165, 1.54) is 0 Å². The topological polar surface area (TPSA) is 89.4 Å². The fraction of sp³-hybridized carbons (Fsp3) is 0.400. The van der Waals surface area contributed by atoms with E-state index >= 15 is 0 Å². The van der Waals surface area contributed by atoms with E-state index in [-0.39, 0.29) is 18.4 Å². The van der Waals surface area contributed by atoms with Crippen LogP contribution in [0.4, 0.5) is 5.69 Å². The molecule has 1 atom stereocenters. The van der Waals surface area contributed by atoms with Crippen molar-refractivity contribution in [2.75, 3.05) is 25.0 Å². The van der Waals surface area contributed by atoms with Crippen molar-refractivity contribution in [2.45, 2.75) is 33.4 Å². The zero-order valence-corrected chi connectivity index (χ0v) is 17.5. The number of fused-ring (bicyclic) bond motifs is 1. The molecule has 0 aliphatic carbocycles. The summed E-state index contributed by atoms with van der Waals surface area (Å²) in [5, 5.41) is 8.17. The Hall–Kier alpha value is -2.78. The number of carbonyl (C=O) groups excluding carboxylic acids is 2. The summed E-state index contributed by atoms with van der Waals surface area (Å²) in [4.78, 5) is 31.8. The number of nitrogens with zero attached hydrogens (tertiary/aromatic N) is 4. The van der Waals surface area contributed by atoms with E-state index in [9.17, 15) is 9.59 Å². The van der Waals surface area contributed by atoms with Crippen LogP contribution in [-0.4, -0.2) is 57.3 Å². The molecule has 0 spiro atoms. The van der Waals surface area contributed by atoms with Crippen LogP contribution in [-0.2, 0) is 16.1 Å². The molecule has 1 aliphatic rings. The number of morpholine rings is 1. The summed E-state index contributed by atoms with van der Waals surface area (Å²) in [6.45, 7) is 7.48. The highest BCUT2D eigenvalue weighted by Crippen LogP contribution is 2.24. The van der Waals surface area contributed by atoms with Gasteiger partial charge in [-0.3, -0.25) is 14.3 Å². The van der Waals surface area contributed by atoms with E-state index in [1.54, 1.807) is 33.2 Å². The van der Waals surface area contributed by atoms with E-state index in [0.717, 1.165) is 27.5 Å². The van der Waals surface area contributed by atoms with Crippen molar-refractivity contribution >= 4 is 39.1 Å². The number of hydrogen-bond acceptors (Lipinski definition) is 6. The van der Waals surface area contributed by atoms with Gasteiger partial charge in [0.15, 0.2) is 6.10 Å². The molecule has 4 rings (SSSR count). The number of rotatable bonds is 4. The third-order valence-corrected chi connectivity index (χ3v) is 5.85. The molecule has 1 fully saturated rings. The van der Waals surface area contributed by atoms with Gasteiger partial charge >= 0.3 is 0 Å². The van der Waals surface area contributed by atoms with Crippen LogP contribution in [0.15, 0.2) is 24.4 Å². The number of ether oxygens (including phenoxy) is 1. The first-order valence-electron chi connectivity index (χ1n) is 9.57. The van der Waals surface area contributed by atoms with Gasteiger partial charge in [-0.25, -0.2) is 4.98 Å². The van der Waals surface area contributed by atoms with E-state index in [0.29, 0.717) is 24.4 Å². The Balaban J connectivity index is 1.45. The molecule has 0 radical (unpaired) electrons. The number of nitrogens with one attached hydrogen (secondary N) is 1. The Morgan fingerprint density at radius 2 is 2.17 bits per heavy atom. The molecule has 1 aliphatic heterocycles. The van der Waals surface area contributed by atoms with Gasteiger partial charge in [-0.05, 0) is 39.0 Å². The summed E-state index contributed by atoms with van der Waals surface area (Å²) in [6, 6.07) is 5.52. The number of hydrogen-bond donors (Lipinski definition) is 1. The maximum absolute atomic E-state index is 13.0. The molecule has 1 N–H and O–H groups in total. The van der Waals surface area contributed by atoms with Crippen molar-refractivity contribution in [3.8, 4) is 0 Å². The van der Waals surface area contributed by atoms with Crippen LogP contribution in [0, 0.1) is 13.8 Å². The van der Waals surface area contributed by atoms with E-state index in [2.05, 4.69) is 15.4 Å². The molecule has 0 bridgehead atoms. The van der Waals surface area contributed by atoms with E-state index < -0.39 is 6.10 Å². The van der Waals surface area contributed by atoms with Crippen molar-refractivity contribution in [3.63, 3.8) is 0 Å². The molecule has 1 aromatic carbocycles. The molecular weight excluding hydrogens is 390 g/mol. The first-order chi connectivity index (χ1) is 13.9. The summed E-state index contributed by atoms with van der Waals surface area (Å²) in [5.41, 5.74) is 2.90. The molecule has 2 amide bonds. The zero-order valence-electron chi connectivity index (χ0n) is 16.6. The van der Waals surface area contributed by atoms with Gasteiger partial charge < -0.3 is 15.0 Å². The molecule has 152 valence electrons. The van der Waals surface area contributed by atoms with Gasteiger partial charge in [-0.1, -0.05) is 0 Å². The monoisotopic (exact) mass is 413 g/mol. The highest BCUT2D eigenvalue weighted by atomic mass is 32.1. The minimum Gasteiger partial charge on any atom is -0.365 e. The summed E-state index contributed by atoms with van der Waals surface area (Å²) in [6.07, 6.45) is 1.08. The molecule has 8 nitrogen and oxygen atoms in total. The number of thiazole rings is 1. The zero-order chi connectivity index (χ0) is 20.5. The number of benzene rings is 1. The Morgan fingerprint density at radius 3 is 2.93 bits per heavy atom. The first kappa shape index (κ1) is 19.5. The van der Waals surface area contributed by atoms with Gasteiger partial charge in [0, 0.05) is 24.8 Å². The van der Waals surface area contributed by atoms with Crippen LogP contribution in [0.3, 0.4) is 0 Å². The summed E-state index contributed by atoms with van der Waals surface area (Å²) >= 11 is 1.56. The van der Waals surface area contributed by atoms with Crippen LogP contribution >= 0.6 is 11.3 Å². The van der Waals surface area contributed by atoms with Gasteiger partial charge in [0.2, 0.25) is 0 Å². The number of aromatic nitrogens is 3. The molecule has 0 saturated carbocycles. The third kappa shape index (κ3) is 4.01. The Bertz CT molecular complexity index is 1070. The molecule has 29 heavy (non-hydrogen) atoms. The highest BCUT2D eigenvalue weighted by Gasteiger charge is 2.30. The van der Waals surface area contributed by atoms with Gasteiger partial charge in [0.05, 0.1) is 39.8 Å². The molecule has 9 heteroatoms. The minimum absolute atomic E-state index is 0.103. The maximum atomic E-state index is 13.0. The Kier molecular flexibility index (Phi) is 5.33. The Labute approximate surface area is 172 Å². The smallest absolute Gasteiger partial charge is 0.255 e. The lowest BCUT2D eigenvalue weighted by Gasteiger charge is -2.32. The SMILES string of the molecule is CCn1cc(NC(=O)C2CN(C(=O)c3ccc4nc(C)sc4c3)CCO2)c(C)n1. The van der Waals surface area contributed by atoms with Crippen LogP contribution in [0.25, 0.3) is 10.2 Å². The molecule has 3 aromatic rings. The second-order valence-corrected chi connectivity index (χ2v) is 8.23. The Morgan fingerprint density at radius 1 is 1.34 bits per heavy atom.